The van der Waals surface area contributed by atoms with Gasteiger partial charge in [-0.05, 0) is 34.4 Å². The maximum atomic E-state index is 5.63. The van der Waals surface area contributed by atoms with Crippen LogP contribution < -0.4 is 0 Å². The first-order valence-electron chi connectivity index (χ1n) is 5.09. The number of nitrogens with zero attached hydrogens (tertiary/aromatic N) is 2. The van der Waals surface area contributed by atoms with E-state index < -0.39 is 0 Å². The zero-order valence-corrected chi connectivity index (χ0v) is 9.29. The summed E-state index contributed by atoms with van der Waals surface area (Å²) in [5.74, 6) is 0. The molecule has 1 atom stereocenters. The second-order valence-corrected chi connectivity index (χ2v) is 4.31. The average molecular weight is 186 g/mol. The molecular formula is C10H22N2O. The van der Waals surface area contributed by atoms with Gasteiger partial charge in [0.2, 0.25) is 0 Å². The molecule has 13 heavy (non-hydrogen) atoms. The predicted octanol–water partition coefficient (Wildman–Crippen LogP) is 1.00. The van der Waals surface area contributed by atoms with Crippen LogP contribution in [0.2, 0.25) is 0 Å². The first kappa shape index (κ1) is 11.0. The van der Waals surface area contributed by atoms with Gasteiger partial charge < -0.3 is 9.64 Å². The van der Waals surface area contributed by atoms with Crippen LogP contribution in [0.25, 0.3) is 0 Å². The highest BCUT2D eigenvalue weighted by molar-refractivity contribution is 4.72. The Hall–Kier alpha value is -0.120. The lowest BCUT2D eigenvalue weighted by Crippen LogP contribution is -2.34. The Morgan fingerprint density at radius 3 is 2.62 bits per heavy atom. The van der Waals surface area contributed by atoms with Crippen molar-refractivity contribution in [2.75, 3.05) is 34.0 Å². The molecule has 0 amide bonds. The lowest BCUT2D eigenvalue weighted by molar-refractivity contribution is 0.0213. The molecule has 1 saturated heterocycles. The number of ether oxygens (including phenoxy) is 1. The van der Waals surface area contributed by atoms with Gasteiger partial charge in [0.15, 0.2) is 0 Å². The molecule has 0 aromatic rings. The molecule has 0 radical (unpaired) electrons. The third-order valence-electron chi connectivity index (χ3n) is 2.78. The molecule has 0 aromatic carbocycles. The second-order valence-electron chi connectivity index (χ2n) is 4.31. The van der Waals surface area contributed by atoms with Crippen molar-refractivity contribution < 1.29 is 4.74 Å². The van der Waals surface area contributed by atoms with E-state index in [0.717, 1.165) is 19.9 Å². The summed E-state index contributed by atoms with van der Waals surface area (Å²) in [6, 6.07) is 1.18. The molecule has 0 N–H and O–H groups in total. The Kier molecular flexibility index (Phi) is 4.16. The van der Waals surface area contributed by atoms with Crippen LogP contribution in [0.15, 0.2) is 0 Å². The monoisotopic (exact) mass is 186 g/mol. The molecule has 78 valence electrons. The quantitative estimate of drug-likeness (QED) is 0.640. The van der Waals surface area contributed by atoms with E-state index in [2.05, 4.69) is 37.7 Å². The van der Waals surface area contributed by atoms with Gasteiger partial charge in [0, 0.05) is 18.6 Å². The van der Waals surface area contributed by atoms with Crippen LogP contribution >= 0.6 is 0 Å². The molecule has 1 aliphatic rings. The van der Waals surface area contributed by atoms with Crippen LogP contribution in [0.4, 0.5) is 0 Å². The predicted molar refractivity (Wildman–Crippen MR) is 54.8 cm³/mol. The van der Waals surface area contributed by atoms with Crippen LogP contribution in [0, 0.1) is 0 Å². The molecule has 1 unspecified atom stereocenters. The minimum absolute atomic E-state index is 0.587. The van der Waals surface area contributed by atoms with Crippen molar-refractivity contribution in [3.8, 4) is 0 Å². The van der Waals surface area contributed by atoms with E-state index in [1.165, 1.54) is 6.42 Å². The number of likely N-dealkylation sites (N-methyl/N-ethyl adjacent to an activating group) is 1. The molecule has 3 heteroatoms. The fraction of sp³-hybridized carbons (Fsp3) is 1.00. The highest BCUT2D eigenvalue weighted by atomic mass is 16.5. The topological polar surface area (TPSA) is 15.7 Å². The highest BCUT2D eigenvalue weighted by Gasteiger charge is 2.19. The minimum atomic E-state index is 0.587. The van der Waals surface area contributed by atoms with Crippen molar-refractivity contribution in [1.82, 2.24) is 9.80 Å². The Morgan fingerprint density at radius 1 is 1.38 bits per heavy atom. The van der Waals surface area contributed by atoms with Gasteiger partial charge >= 0.3 is 0 Å². The molecule has 0 spiro atoms. The van der Waals surface area contributed by atoms with E-state index in [4.69, 9.17) is 4.74 Å². The van der Waals surface area contributed by atoms with Crippen LogP contribution in [0.1, 0.15) is 20.3 Å². The van der Waals surface area contributed by atoms with Gasteiger partial charge in [0.05, 0.1) is 13.3 Å². The summed E-state index contributed by atoms with van der Waals surface area (Å²) in [6.45, 7) is 7.26. The first-order valence-corrected chi connectivity index (χ1v) is 5.09. The van der Waals surface area contributed by atoms with Crippen molar-refractivity contribution >= 4 is 0 Å². The van der Waals surface area contributed by atoms with E-state index in [1.807, 2.05) is 0 Å². The molecular weight excluding hydrogens is 164 g/mol. The van der Waals surface area contributed by atoms with Gasteiger partial charge in [-0.3, -0.25) is 4.90 Å². The molecule has 1 fully saturated rings. The van der Waals surface area contributed by atoms with Gasteiger partial charge in [0.1, 0.15) is 0 Å². The fourth-order valence-electron chi connectivity index (χ4n) is 1.58. The van der Waals surface area contributed by atoms with Crippen molar-refractivity contribution in [3.63, 3.8) is 0 Å². The van der Waals surface area contributed by atoms with Crippen molar-refractivity contribution in [1.29, 1.82) is 0 Å². The SMILES string of the molecule is CC(C)N1CCC(N(C)C)COC1. The summed E-state index contributed by atoms with van der Waals surface area (Å²) in [4.78, 5) is 4.63. The van der Waals surface area contributed by atoms with Gasteiger partial charge in [-0.2, -0.15) is 0 Å². The van der Waals surface area contributed by atoms with Crippen molar-refractivity contribution in [2.24, 2.45) is 0 Å². The third-order valence-corrected chi connectivity index (χ3v) is 2.78. The lowest BCUT2D eigenvalue weighted by Gasteiger charge is -2.24. The summed E-state index contributed by atoms with van der Waals surface area (Å²) in [7, 11) is 4.25. The van der Waals surface area contributed by atoms with Crippen LogP contribution in [-0.4, -0.2) is 55.9 Å². The smallest absolute Gasteiger partial charge is 0.0993 e. The maximum absolute atomic E-state index is 5.63. The number of hydrogen-bond acceptors (Lipinski definition) is 3. The zero-order chi connectivity index (χ0) is 9.84. The zero-order valence-electron chi connectivity index (χ0n) is 9.29. The number of hydrogen-bond donors (Lipinski definition) is 0. The fourth-order valence-corrected chi connectivity index (χ4v) is 1.58. The average Bonchev–Trinajstić information content (AvgIpc) is 2.27. The van der Waals surface area contributed by atoms with E-state index in [9.17, 15) is 0 Å². The van der Waals surface area contributed by atoms with E-state index >= 15 is 0 Å². The first-order chi connectivity index (χ1) is 6.11. The van der Waals surface area contributed by atoms with E-state index in [-0.39, 0.29) is 0 Å². The highest BCUT2D eigenvalue weighted by Crippen LogP contribution is 2.10. The molecule has 0 aromatic heterocycles. The normalized spacial score (nSPS) is 26.8. The van der Waals surface area contributed by atoms with Crippen LogP contribution in [-0.2, 0) is 4.74 Å². The van der Waals surface area contributed by atoms with E-state index in [0.29, 0.717) is 12.1 Å². The van der Waals surface area contributed by atoms with Gasteiger partial charge in [-0.15, -0.1) is 0 Å². The minimum Gasteiger partial charge on any atom is -0.364 e. The Morgan fingerprint density at radius 2 is 2.08 bits per heavy atom. The molecule has 1 aliphatic heterocycles. The summed E-state index contributed by atoms with van der Waals surface area (Å²) < 4.78 is 5.63. The second kappa shape index (κ2) is 4.94. The Balaban J connectivity index is 2.39. The summed E-state index contributed by atoms with van der Waals surface area (Å²) in [5, 5.41) is 0. The molecule has 3 nitrogen and oxygen atoms in total. The molecule has 0 aliphatic carbocycles. The Bertz CT molecular complexity index is 132. The lowest BCUT2D eigenvalue weighted by atomic mass is 10.2. The molecule has 0 bridgehead atoms. The largest absolute Gasteiger partial charge is 0.364 e. The van der Waals surface area contributed by atoms with E-state index in [1.54, 1.807) is 0 Å². The van der Waals surface area contributed by atoms with Crippen molar-refractivity contribution in [2.45, 2.75) is 32.4 Å². The van der Waals surface area contributed by atoms with Crippen LogP contribution in [0.3, 0.4) is 0 Å². The van der Waals surface area contributed by atoms with Crippen molar-refractivity contribution in [3.05, 3.63) is 0 Å². The third kappa shape index (κ3) is 3.25. The van der Waals surface area contributed by atoms with Gasteiger partial charge in [-0.1, -0.05) is 0 Å². The summed E-state index contributed by atoms with van der Waals surface area (Å²) in [5.41, 5.74) is 0. The number of rotatable bonds is 2. The van der Waals surface area contributed by atoms with Gasteiger partial charge in [0.25, 0.3) is 0 Å². The molecule has 1 rings (SSSR count). The maximum Gasteiger partial charge on any atom is 0.0993 e. The summed E-state index contributed by atoms with van der Waals surface area (Å²) in [6.07, 6.45) is 1.21. The standard InChI is InChI=1S/C10H22N2O/c1-9(2)12-6-5-10(11(3)4)7-13-8-12/h9-10H,5-8H2,1-4H3. The molecule has 0 saturated carbocycles. The molecule has 1 heterocycles. The van der Waals surface area contributed by atoms with Crippen LogP contribution in [0.5, 0.6) is 0 Å². The Labute approximate surface area is 81.7 Å². The summed E-state index contributed by atoms with van der Waals surface area (Å²) >= 11 is 0. The van der Waals surface area contributed by atoms with Gasteiger partial charge in [-0.25, -0.2) is 0 Å².